The van der Waals surface area contributed by atoms with Crippen LogP contribution in [0.1, 0.15) is 44.2 Å². The molecule has 0 aromatic heterocycles. The van der Waals surface area contributed by atoms with Crippen molar-refractivity contribution >= 4 is 5.69 Å². The molecule has 2 rings (SSSR count). The fourth-order valence-electron chi connectivity index (χ4n) is 2.64. The maximum Gasteiger partial charge on any atom is 0.269 e. The summed E-state index contributed by atoms with van der Waals surface area (Å²) in [6, 6.07) is 7.05. The zero-order valence-electron chi connectivity index (χ0n) is 11.9. The van der Waals surface area contributed by atoms with E-state index < -0.39 is 0 Å². The molecule has 110 valence electrons. The molecule has 5 heteroatoms. The minimum atomic E-state index is -0.345. The number of nitrogens with one attached hydrogen (secondary N) is 1. The zero-order valence-corrected chi connectivity index (χ0v) is 11.9. The molecule has 1 aromatic carbocycles. The minimum absolute atomic E-state index is 0.155. The molecule has 0 amide bonds. The molecular formula is C15H22N2O3. The Morgan fingerprint density at radius 1 is 1.55 bits per heavy atom. The summed E-state index contributed by atoms with van der Waals surface area (Å²) in [6.45, 7) is 3.85. The van der Waals surface area contributed by atoms with E-state index in [1.54, 1.807) is 12.1 Å². The van der Waals surface area contributed by atoms with Crippen molar-refractivity contribution < 1.29 is 9.66 Å². The lowest BCUT2D eigenvalue weighted by molar-refractivity contribution is -0.384. The van der Waals surface area contributed by atoms with Crippen molar-refractivity contribution in [2.75, 3.05) is 13.2 Å². The van der Waals surface area contributed by atoms with Crippen molar-refractivity contribution in [3.8, 4) is 0 Å². The maximum absolute atomic E-state index is 10.8. The van der Waals surface area contributed by atoms with Crippen LogP contribution in [0.3, 0.4) is 0 Å². The van der Waals surface area contributed by atoms with Gasteiger partial charge in [-0.3, -0.25) is 10.1 Å². The standard InChI is InChI=1S/C15H22N2O3/c1-2-15(16-9-8-14-7-4-10-20-14)12-5-3-6-13(11-12)17(18)19/h3,5-6,11,14-16H,2,4,7-10H2,1H3. The molecule has 1 aliphatic heterocycles. The second-order valence-corrected chi connectivity index (χ2v) is 5.19. The highest BCUT2D eigenvalue weighted by Gasteiger charge is 2.17. The van der Waals surface area contributed by atoms with Crippen LogP contribution in [0.2, 0.25) is 0 Å². The van der Waals surface area contributed by atoms with Gasteiger partial charge in [0.1, 0.15) is 0 Å². The Bertz CT molecular complexity index is 444. The SMILES string of the molecule is CCC(NCCC1CCCO1)c1cccc([N+](=O)[O-])c1. The molecule has 0 spiro atoms. The van der Waals surface area contributed by atoms with Crippen LogP contribution in [0.25, 0.3) is 0 Å². The van der Waals surface area contributed by atoms with Gasteiger partial charge >= 0.3 is 0 Å². The highest BCUT2D eigenvalue weighted by atomic mass is 16.6. The molecule has 2 unspecified atom stereocenters. The van der Waals surface area contributed by atoms with Crippen molar-refractivity contribution in [1.29, 1.82) is 0 Å². The summed E-state index contributed by atoms with van der Waals surface area (Å²) in [5.41, 5.74) is 1.14. The molecule has 0 aliphatic carbocycles. The predicted octanol–water partition coefficient (Wildman–Crippen LogP) is 3.20. The summed E-state index contributed by atoms with van der Waals surface area (Å²) in [6.07, 6.45) is 4.60. The Labute approximate surface area is 119 Å². The van der Waals surface area contributed by atoms with Gasteiger partial charge in [0.15, 0.2) is 0 Å². The number of nitro groups is 1. The quantitative estimate of drug-likeness (QED) is 0.614. The lowest BCUT2D eigenvalue weighted by Crippen LogP contribution is -2.24. The Morgan fingerprint density at radius 2 is 2.40 bits per heavy atom. The van der Waals surface area contributed by atoms with Crippen molar-refractivity contribution in [3.63, 3.8) is 0 Å². The van der Waals surface area contributed by atoms with Crippen LogP contribution in [-0.2, 0) is 4.74 Å². The summed E-state index contributed by atoms with van der Waals surface area (Å²) in [5.74, 6) is 0. The average molecular weight is 278 g/mol. The molecule has 1 aliphatic rings. The number of benzene rings is 1. The van der Waals surface area contributed by atoms with Gasteiger partial charge in [0, 0.05) is 24.8 Å². The van der Waals surface area contributed by atoms with Crippen molar-refractivity contribution in [1.82, 2.24) is 5.32 Å². The van der Waals surface area contributed by atoms with Crippen LogP contribution >= 0.6 is 0 Å². The van der Waals surface area contributed by atoms with Crippen LogP contribution in [0, 0.1) is 10.1 Å². The summed E-state index contributed by atoms with van der Waals surface area (Å²) >= 11 is 0. The highest BCUT2D eigenvalue weighted by molar-refractivity contribution is 5.35. The first-order valence-electron chi connectivity index (χ1n) is 7.30. The molecule has 2 atom stereocenters. The Hall–Kier alpha value is -1.46. The fraction of sp³-hybridized carbons (Fsp3) is 0.600. The number of ether oxygens (including phenoxy) is 1. The largest absolute Gasteiger partial charge is 0.378 e. The van der Waals surface area contributed by atoms with Gasteiger partial charge in [-0.2, -0.15) is 0 Å². The molecule has 1 N–H and O–H groups in total. The van der Waals surface area contributed by atoms with Gasteiger partial charge in [0.2, 0.25) is 0 Å². The van der Waals surface area contributed by atoms with Gasteiger partial charge in [-0.05, 0) is 37.8 Å². The van der Waals surface area contributed by atoms with Crippen LogP contribution in [-0.4, -0.2) is 24.2 Å². The molecule has 1 saturated heterocycles. The van der Waals surface area contributed by atoms with E-state index >= 15 is 0 Å². The number of rotatable bonds is 7. The molecule has 1 aromatic rings. The Balaban J connectivity index is 1.89. The topological polar surface area (TPSA) is 64.4 Å². The second kappa shape index (κ2) is 7.36. The van der Waals surface area contributed by atoms with E-state index in [0.29, 0.717) is 6.10 Å². The molecule has 1 heterocycles. The molecule has 0 saturated carbocycles. The maximum atomic E-state index is 10.8. The van der Waals surface area contributed by atoms with Gasteiger partial charge in [-0.1, -0.05) is 19.1 Å². The molecule has 0 radical (unpaired) electrons. The minimum Gasteiger partial charge on any atom is -0.378 e. The van der Waals surface area contributed by atoms with Gasteiger partial charge < -0.3 is 10.1 Å². The lowest BCUT2D eigenvalue weighted by Gasteiger charge is -2.18. The molecule has 1 fully saturated rings. The van der Waals surface area contributed by atoms with Crippen LogP contribution in [0.15, 0.2) is 24.3 Å². The molecule has 20 heavy (non-hydrogen) atoms. The highest BCUT2D eigenvalue weighted by Crippen LogP contribution is 2.22. The first-order chi connectivity index (χ1) is 9.70. The third kappa shape index (κ3) is 4.02. The molecule has 5 nitrogen and oxygen atoms in total. The summed E-state index contributed by atoms with van der Waals surface area (Å²) in [7, 11) is 0. The Kier molecular flexibility index (Phi) is 5.49. The van der Waals surface area contributed by atoms with E-state index in [2.05, 4.69) is 12.2 Å². The number of hydrogen-bond acceptors (Lipinski definition) is 4. The smallest absolute Gasteiger partial charge is 0.269 e. The molecular weight excluding hydrogens is 256 g/mol. The third-order valence-electron chi connectivity index (χ3n) is 3.77. The van der Waals surface area contributed by atoms with Crippen LogP contribution in [0.4, 0.5) is 5.69 Å². The first-order valence-corrected chi connectivity index (χ1v) is 7.30. The van der Waals surface area contributed by atoms with E-state index in [1.807, 2.05) is 6.07 Å². The number of nitro benzene ring substituents is 1. The van der Waals surface area contributed by atoms with Crippen LogP contribution < -0.4 is 5.32 Å². The zero-order chi connectivity index (χ0) is 14.4. The normalized spacial score (nSPS) is 19.9. The van der Waals surface area contributed by atoms with E-state index in [4.69, 9.17) is 4.74 Å². The van der Waals surface area contributed by atoms with Crippen molar-refractivity contribution in [2.24, 2.45) is 0 Å². The van der Waals surface area contributed by atoms with E-state index in [9.17, 15) is 10.1 Å². The van der Waals surface area contributed by atoms with Crippen LogP contribution in [0.5, 0.6) is 0 Å². The van der Waals surface area contributed by atoms with Gasteiger partial charge in [-0.15, -0.1) is 0 Å². The lowest BCUT2D eigenvalue weighted by atomic mass is 10.0. The Morgan fingerprint density at radius 3 is 3.05 bits per heavy atom. The van der Waals surface area contributed by atoms with Gasteiger partial charge in [-0.25, -0.2) is 0 Å². The van der Waals surface area contributed by atoms with Crippen molar-refractivity contribution in [2.45, 2.75) is 44.8 Å². The number of non-ortho nitro benzene ring substituents is 1. The first kappa shape index (κ1) is 14.9. The predicted molar refractivity (Wildman–Crippen MR) is 77.7 cm³/mol. The monoisotopic (exact) mass is 278 g/mol. The fourth-order valence-corrected chi connectivity index (χ4v) is 2.64. The second-order valence-electron chi connectivity index (χ2n) is 5.19. The number of nitrogens with zero attached hydrogens (tertiary/aromatic N) is 1. The van der Waals surface area contributed by atoms with Gasteiger partial charge in [0.25, 0.3) is 5.69 Å². The average Bonchev–Trinajstić information content (AvgIpc) is 2.97. The summed E-state index contributed by atoms with van der Waals surface area (Å²) in [4.78, 5) is 10.5. The van der Waals surface area contributed by atoms with E-state index in [0.717, 1.165) is 44.4 Å². The summed E-state index contributed by atoms with van der Waals surface area (Å²) in [5, 5.41) is 14.3. The summed E-state index contributed by atoms with van der Waals surface area (Å²) < 4.78 is 5.60. The number of hydrogen-bond donors (Lipinski definition) is 1. The van der Waals surface area contributed by atoms with E-state index in [1.165, 1.54) is 6.07 Å². The van der Waals surface area contributed by atoms with Gasteiger partial charge in [0.05, 0.1) is 11.0 Å². The van der Waals surface area contributed by atoms with Crippen molar-refractivity contribution in [3.05, 3.63) is 39.9 Å². The van der Waals surface area contributed by atoms with E-state index in [-0.39, 0.29) is 16.7 Å². The molecule has 0 bridgehead atoms. The third-order valence-corrected chi connectivity index (χ3v) is 3.77.